The summed E-state index contributed by atoms with van der Waals surface area (Å²) in [7, 11) is 0. The summed E-state index contributed by atoms with van der Waals surface area (Å²) in [5, 5.41) is 9.50. The van der Waals surface area contributed by atoms with Crippen molar-refractivity contribution < 1.29 is 14.3 Å². The van der Waals surface area contributed by atoms with Gasteiger partial charge in [-0.05, 0) is 39.0 Å². The molecule has 1 aliphatic heterocycles. The smallest absolute Gasteiger partial charge is 0.255 e. The quantitative estimate of drug-likeness (QED) is 0.899. The molecule has 3 heterocycles. The van der Waals surface area contributed by atoms with Gasteiger partial charge in [0.2, 0.25) is 0 Å². The molecule has 0 unspecified atom stereocenters. The molecule has 1 fully saturated rings. The number of rotatable bonds is 5. The third-order valence-corrected chi connectivity index (χ3v) is 4.88. The number of hydrogen-bond donors (Lipinski definition) is 1. The molecule has 2 aromatic heterocycles. The van der Waals surface area contributed by atoms with E-state index in [0.717, 1.165) is 35.8 Å². The van der Waals surface area contributed by atoms with Gasteiger partial charge in [0.25, 0.3) is 5.91 Å². The standard InChI is InChI=1S/C19H27N3O3/c1-14-11-18(16(3)22(14)13-17-5-4-10-25-17)19(24)21-8-6-20(7-9-21)12-15(2)23/h4-5,10-11,15,23H,6-9,12-13H2,1-3H3/t15-/m1/s1. The number of piperazine rings is 1. The molecular weight excluding hydrogens is 318 g/mol. The highest BCUT2D eigenvalue weighted by Gasteiger charge is 2.25. The third kappa shape index (κ3) is 3.96. The second-order valence-corrected chi connectivity index (χ2v) is 6.89. The lowest BCUT2D eigenvalue weighted by molar-refractivity contribution is 0.0553. The van der Waals surface area contributed by atoms with Gasteiger partial charge in [0.1, 0.15) is 5.76 Å². The first-order chi connectivity index (χ1) is 12.0. The Morgan fingerprint density at radius 2 is 2.00 bits per heavy atom. The van der Waals surface area contributed by atoms with Crippen LogP contribution in [-0.2, 0) is 6.54 Å². The lowest BCUT2D eigenvalue weighted by Gasteiger charge is -2.35. The highest BCUT2D eigenvalue weighted by molar-refractivity contribution is 5.95. The molecule has 0 saturated carbocycles. The molecule has 0 spiro atoms. The van der Waals surface area contributed by atoms with E-state index < -0.39 is 0 Å². The van der Waals surface area contributed by atoms with Crippen LogP contribution in [0.1, 0.15) is 34.4 Å². The number of aryl methyl sites for hydroxylation is 1. The topological polar surface area (TPSA) is 61.9 Å². The average Bonchev–Trinajstić information content (AvgIpc) is 3.18. The molecule has 1 amide bonds. The minimum atomic E-state index is -0.331. The van der Waals surface area contributed by atoms with Gasteiger partial charge in [-0.2, -0.15) is 0 Å². The summed E-state index contributed by atoms with van der Waals surface area (Å²) in [6.45, 7) is 10.1. The van der Waals surface area contributed by atoms with E-state index in [2.05, 4.69) is 9.47 Å². The van der Waals surface area contributed by atoms with Crippen molar-refractivity contribution in [2.45, 2.75) is 33.4 Å². The summed E-state index contributed by atoms with van der Waals surface area (Å²) in [4.78, 5) is 17.1. The molecule has 6 nitrogen and oxygen atoms in total. The van der Waals surface area contributed by atoms with Gasteiger partial charge in [0, 0.05) is 44.1 Å². The van der Waals surface area contributed by atoms with Gasteiger partial charge >= 0.3 is 0 Å². The zero-order chi connectivity index (χ0) is 18.0. The van der Waals surface area contributed by atoms with Crippen LogP contribution in [0.25, 0.3) is 0 Å². The lowest BCUT2D eigenvalue weighted by atomic mass is 10.2. The molecule has 0 aromatic carbocycles. The van der Waals surface area contributed by atoms with Crippen LogP contribution in [0.2, 0.25) is 0 Å². The molecule has 6 heteroatoms. The van der Waals surface area contributed by atoms with Gasteiger partial charge in [-0.25, -0.2) is 0 Å². The second kappa shape index (κ2) is 7.45. The molecule has 2 aromatic rings. The van der Waals surface area contributed by atoms with Crippen molar-refractivity contribution in [2.75, 3.05) is 32.7 Å². The maximum absolute atomic E-state index is 12.9. The van der Waals surface area contributed by atoms with Crippen molar-refractivity contribution in [1.82, 2.24) is 14.4 Å². The summed E-state index contributed by atoms with van der Waals surface area (Å²) >= 11 is 0. The van der Waals surface area contributed by atoms with Crippen molar-refractivity contribution in [2.24, 2.45) is 0 Å². The number of hydrogen-bond acceptors (Lipinski definition) is 4. The number of furan rings is 1. The Bertz CT molecular complexity index is 711. The zero-order valence-corrected chi connectivity index (χ0v) is 15.2. The van der Waals surface area contributed by atoms with E-state index in [1.807, 2.05) is 36.9 Å². The molecule has 0 radical (unpaired) electrons. The van der Waals surface area contributed by atoms with Gasteiger partial charge in [-0.15, -0.1) is 0 Å². The molecule has 0 aliphatic carbocycles. The van der Waals surface area contributed by atoms with E-state index in [0.29, 0.717) is 26.2 Å². The highest BCUT2D eigenvalue weighted by Crippen LogP contribution is 2.20. The minimum Gasteiger partial charge on any atom is -0.467 e. The zero-order valence-electron chi connectivity index (χ0n) is 15.2. The van der Waals surface area contributed by atoms with E-state index in [-0.39, 0.29) is 12.0 Å². The van der Waals surface area contributed by atoms with Gasteiger partial charge in [-0.3, -0.25) is 9.69 Å². The Labute approximate surface area is 148 Å². The molecule has 1 saturated heterocycles. The predicted molar refractivity (Wildman–Crippen MR) is 95.7 cm³/mol. The first-order valence-electron chi connectivity index (χ1n) is 8.84. The third-order valence-electron chi connectivity index (χ3n) is 4.88. The highest BCUT2D eigenvalue weighted by atomic mass is 16.3. The average molecular weight is 345 g/mol. The Kier molecular flexibility index (Phi) is 5.30. The van der Waals surface area contributed by atoms with Crippen LogP contribution in [0.4, 0.5) is 0 Å². The number of carbonyl (C=O) groups excluding carboxylic acids is 1. The van der Waals surface area contributed by atoms with Gasteiger partial charge in [0.05, 0.1) is 24.5 Å². The van der Waals surface area contributed by atoms with E-state index in [1.54, 1.807) is 13.2 Å². The summed E-state index contributed by atoms with van der Waals surface area (Å²) in [6.07, 6.45) is 1.34. The maximum Gasteiger partial charge on any atom is 0.255 e. The normalized spacial score (nSPS) is 17.0. The SMILES string of the molecule is Cc1cc(C(=O)N2CCN(C[C@@H](C)O)CC2)c(C)n1Cc1ccco1. The van der Waals surface area contributed by atoms with Crippen LogP contribution in [0.3, 0.4) is 0 Å². The van der Waals surface area contributed by atoms with Crippen LogP contribution in [-0.4, -0.2) is 64.2 Å². The van der Waals surface area contributed by atoms with Crippen LogP contribution in [0, 0.1) is 13.8 Å². The Morgan fingerprint density at radius 3 is 2.60 bits per heavy atom. The molecule has 1 N–H and O–H groups in total. The van der Waals surface area contributed by atoms with Crippen molar-refractivity contribution in [3.05, 3.63) is 47.2 Å². The van der Waals surface area contributed by atoms with E-state index in [1.165, 1.54) is 0 Å². The van der Waals surface area contributed by atoms with Crippen molar-refractivity contribution in [1.29, 1.82) is 0 Å². The number of amides is 1. The molecular formula is C19H27N3O3. The first kappa shape index (κ1) is 17.8. The van der Waals surface area contributed by atoms with Crippen molar-refractivity contribution in [3.8, 4) is 0 Å². The molecule has 1 atom stereocenters. The number of aromatic nitrogens is 1. The Balaban J connectivity index is 1.69. The number of β-amino-alcohol motifs (C(OH)–C–C–N with tert-alkyl or cyclic N) is 1. The second-order valence-electron chi connectivity index (χ2n) is 6.89. The maximum atomic E-state index is 12.9. The number of carbonyl (C=O) groups is 1. The monoisotopic (exact) mass is 345 g/mol. The van der Waals surface area contributed by atoms with Crippen LogP contribution >= 0.6 is 0 Å². The van der Waals surface area contributed by atoms with E-state index >= 15 is 0 Å². The van der Waals surface area contributed by atoms with E-state index in [9.17, 15) is 9.90 Å². The Morgan fingerprint density at radius 1 is 1.28 bits per heavy atom. The van der Waals surface area contributed by atoms with Crippen molar-refractivity contribution >= 4 is 5.91 Å². The predicted octanol–water partition coefficient (Wildman–Crippen LogP) is 1.88. The Hall–Kier alpha value is -2.05. The molecule has 0 bridgehead atoms. The fourth-order valence-corrected chi connectivity index (χ4v) is 3.50. The van der Waals surface area contributed by atoms with Gasteiger partial charge in [-0.1, -0.05) is 0 Å². The largest absolute Gasteiger partial charge is 0.467 e. The molecule has 25 heavy (non-hydrogen) atoms. The van der Waals surface area contributed by atoms with Crippen LogP contribution < -0.4 is 0 Å². The van der Waals surface area contributed by atoms with E-state index in [4.69, 9.17) is 4.42 Å². The lowest BCUT2D eigenvalue weighted by Crippen LogP contribution is -2.50. The first-order valence-corrected chi connectivity index (χ1v) is 8.84. The van der Waals surface area contributed by atoms with Gasteiger partial charge < -0.3 is 19.0 Å². The van der Waals surface area contributed by atoms with Crippen LogP contribution in [0.5, 0.6) is 0 Å². The summed E-state index contributed by atoms with van der Waals surface area (Å²) in [5.74, 6) is 0.975. The van der Waals surface area contributed by atoms with Gasteiger partial charge in [0.15, 0.2) is 0 Å². The fourth-order valence-electron chi connectivity index (χ4n) is 3.50. The fraction of sp³-hybridized carbons (Fsp3) is 0.526. The van der Waals surface area contributed by atoms with Crippen molar-refractivity contribution in [3.63, 3.8) is 0 Å². The summed E-state index contributed by atoms with van der Waals surface area (Å²) in [6, 6.07) is 5.80. The summed E-state index contributed by atoms with van der Waals surface area (Å²) in [5.41, 5.74) is 2.81. The molecule has 3 rings (SSSR count). The number of aliphatic hydroxyl groups excluding tert-OH is 1. The molecule has 136 valence electrons. The van der Waals surface area contributed by atoms with Crippen LogP contribution in [0.15, 0.2) is 28.9 Å². The number of nitrogens with zero attached hydrogens (tertiary/aromatic N) is 3. The number of aliphatic hydroxyl groups is 1. The summed E-state index contributed by atoms with van der Waals surface area (Å²) < 4.78 is 7.56. The molecule has 1 aliphatic rings. The minimum absolute atomic E-state index is 0.0930.